The number of nitrogens with zero attached hydrogens (tertiary/aromatic N) is 1. The molecule has 0 saturated carbocycles. The fourth-order valence-electron chi connectivity index (χ4n) is 2.75. The van der Waals surface area contributed by atoms with E-state index in [1.165, 1.54) is 0 Å². The van der Waals surface area contributed by atoms with E-state index in [9.17, 15) is 9.59 Å². The molecule has 0 aliphatic carbocycles. The summed E-state index contributed by atoms with van der Waals surface area (Å²) in [5.74, 6) is -0.570. The Kier molecular flexibility index (Phi) is 6.93. The van der Waals surface area contributed by atoms with Gasteiger partial charge >= 0.3 is 5.97 Å². The number of hydrogen-bond acceptors (Lipinski definition) is 5. The molecule has 25 heavy (non-hydrogen) atoms. The number of fused-ring (bicyclic) bond motifs is 1. The van der Waals surface area contributed by atoms with Gasteiger partial charge < -0.3 is 10.1 Å². The molecule has 136 valence electrons. The molecule has 0 unspecified atom stereocenters. The van der Waals surface area contributed by atoms with Crippen molar-refractivity contribution in [2.75, 3.05) is 13.2 Å². The minimum absolute atomic E-state index is 0.222. The number of thiazole rings is 1. The van der Waals surface area contributed by atoms with Gasteiger partial charge in [0.15, 0.2) is 6.61 Å². The van der Waals surface area contributed by atoms with E-state index < -0.39 is 5.41 Å². The normalized spacial score (nSPS) is 11.5. The number of rotatable bonds is 9. The van der Waals surface area contributed by atoms with Gasteiger partial charge in [-0.05, 0) is 31.4 Å². The Labute approximate surface area is 152 Å². The van der Waals surface area contributed by atoms with Gasteiger partial charge in [0.2, 0.25) is 0 Å². The van der Waals surface area contributed by atoms with Crippen molar-refractivity contribution < 1.29 is 14.3 Å². The van der Waals surface area contributed by atoms with Crippen molar-refractivity contribution in [3.63, 3.8) is 0 Å². The molecule has 2 rings (SSSR count). The SMILES string of the molecule is CCCNC(=O)COC(=O)C(CC)(CC)Cc1nc2ccccc2s1. The lowest BCUT2D eigenvalue weighted by molar-refractivity contribution is -0.159. The Hall–Kier alpha value is -1.95. The highest BCUT2D eigenvalue weighted by molar-refractivity contribution is 7.18. The van der Waals surface area contributed by atoms with Crippen LogP contribution in [0.25, 0.3) is 10.2 Å². The van der Waals surface area contributed by atoms with Crippen LogP contribution in [0.2, 0.25) is 0 Å². The smallest absolute Gasteiger partial charge is 0.312 e. The largest absolute Gasteiger partial charge is 0.455 e. The Bertz CT molecular complexity index is 689. The number of carbonyl (C=O) groups is 2. The van der Waals surface area contributed by atoms with Gasteiger partial charge in [0.25, 0.3) is 5.91 Å². The number of carbonyl (C=O) groups excluding carboxylic acids is 2. The second kappa shape index (κ2) is 8.94. The predicted octanol–water partition coefficient (Wildman–Crippen LogP) is 3.71. The van der Waals surface area contributed by atoms with Crippen LogP contribution >= 0.6 is 11.3 Å². The third-order valence-corrected chi connectivity index (χ3v) is 5.56. The van der Waals surface area contributed by atoms with E-state index in [0.717, 1.165) is 21.6 Å². The van der Waals surface area contributed by atoms with Crippen LogP contribution in [0.5, 0.6) is 0 Å². The van der Waals surface area contributed by atoms with Gasteiger partial charge in [0.05, 0.1) is 20.6 Å². The first kappa shape index (κ1) is 19.4. The zero-order valence-electron chi connectivity index (χ0n) is 15.1. The number of hydrogen-bond donors (Lipinski definition) is 1. The van der Waals surface area contributed by atoms with Gasteiger partial charge in [-0.2, -0.15) is 0 Å². The average molecular weight is 362 g/mol. The molecule has 1 aromatic heterocycles. The molecule has 1 amide bonds. The van der Waals surface area contributed by atoms with Crippen LogP contribution in [-0.4, -0.2) is 30.0 Å². The molecule has 1 heterocycles. The van der Waals surface area contributed by atoms with Crippen molar-refractivity contribution >= 4 is 33.4 Å². The van der Waals surface area contributed by atoms with Crippen LogP contribution in [0, 0.1) is 5.41 Å². The Morgan fingerprint density at radius 2 is 1.92 bits per heavy atom. The first-order valence-electron chi connectivity index (χ1n) is 8.83. The molecule has 0 atom stereocenters. The molecule has 1 aromatic carbocycles. The predicted molar refractivity (Wildman–Crippen MR) is 101 cm³/mol. The minimum atomic E-state index is -0.640. The monoisotopic (exact) mass is 362 g/mol. The summed E-state index contributed by atoms with van der Waals surface area (Å²) in [6, 6.07) is 7.96. The Morgan fingerprint density at radius 3 is 2.56 bits per heavy atom. The fraction of sp³-hybridized carbons (Fsp3) is 0.526. The maximum absolute atomic E-state index is 12.7. The van der Waals surface area contributed by atoms with Crippen molar-refractivity contribution in [1.82, 2.24) is 10.3 Å². The van der Waals surface area contributed by atoms with Crippen LogP contribution in [0.4, 0.5) is 0 Å². The molecular weight excluding hydrogens is 336 g/mol. The van der Waals surface area contributed by atoms with E-state index in [4.69, 9.17) is 4.74 Å². The minimum Gasteiger partial charge on any atom is -0.455 e. The standard InChI is InChI=1S/C19H26N2O3S/c1-4-11-20-16(22)13-24-18(23)19(5-2,6-3)12-17-21-14-9-7-8-10-15(14)25-17/h7-10H,4-6,11-13H2,1-3H3,(H,20,22). The summed E-state index contributed by atoms with van der Waals surface area (Å²) in [7, 11) is 0. The van der Waals surface area contributed by atoms with Crippen LogP contribution < -0.4 is 5.32 Å². The van der Waals surface area contributed by atoms with E-state index in [2.05, 4.69) is 10.3 Å². The number of nitrogens with one attached hydrogen (secondary N) is 1. The van der Waals surface area contributed by atoms with Crippen molar-refractivity contribution in [3.8, 4) is 0 Å². The molecule has 2 aromatic rings. The molecule has 0 bridgehead atoms. The van der Waals surface area contributed by atoms with Gasteiger partial charge in [0.1, 0.15) is 0 Å². The van der Waals surface area contributed by atoms with E-state index in [0.29, 0.717) is 25.8 Å². The first-order valence-corrected chi connectivity index (χ1v) is 9.64. The van der Waals surface area contributed by atoms with Crippen LogP contribution in [0.15, 0.2) is 24.3 Å². The number of para-hydroxylation sites is 1. The first-order chi connectivity index (χ1) is 12.0. The third kappa shape index (κ3) is 4.78. The molecular formula is C19H26N2O3S. The number of amides is 1. The highest BCUT2D eigenvalue weighted by Gasteiger charge is 2.38. The lowest BCUT2D eigenvalue weighted by atomic mass is 9.79. The summed E-state index contributed by atoms with van der Waals surface area (Å²) >= 11 is 1.61. The number of aromatic nitrogens is 1. The van der Waals surface area contributed by atoms with Crippen molar-refractivity contribution in [2.45, 2.75) is 46.5 Å². The van der Waals surface area contributed by atoms with Crippen molar-refractivity contribution in [1.29, 1.82) is 0 Å². The number of ether oxygens (including phenoxy) is 1. The maximum Gasteiger partial charge on any atom is 0.312 e. The molecule has 0 spiro atoms. The second-order valence-corrected chi connectivity index (χ2v) is 7.28. The topological polar surface area (TPSA) is 68.3 Å². The summed E-state index contributed by atoms with van der Waals surface area (Å²) in [5.41, 5.74) is 0.315. The van der Waals surface area contributed by atoms with Gasteiger partial charge in [-0.1, -0.05) is 32.9 Å². The lowest BCUT2D eigenvalue weighted by Crippen LogP contribution is -2.37. The number of benzene rings is 1. The third-order valence-electron chi connectivity index (χ3n) is 4.52. The fourth-order valence-corrected chi connectivity index (χ4v) is 3.86. The lowest BCUT2D eigenvalue weighted by Gasteiger charge is -2.28. The van der Waals surface area contributed by atoms with E-state index in [1.807, 2.05) is 45.0 Å². The highest BCUT2D eigenvalue weighted by Crippen LogP contribution is 2.35. The van der Waals surface area contributed by atoms with Crippen molar-refractivity contribution in [2.24, 2.45) is 5.41 Å². The zero-order chi connectivity index (χ0) is 18.3. The Morgan fingerprint density at radius 1 is 1.20 bits per heavy atom. The molecule has 6 heteroatoms. The van der Waals surface area contributed by atoms with E-state index in [1.54, 1.807) is 11.3 Å². The zero-order valence-corrected chi connectivity index (χ0v) is 15.9. The van der Waals surface area contributed by atoms with Gasteiger partial charge in [-0.3, -0.25) is 9.59 Å². The molecule has 0 aliphatic heterocycles. The van der Waals surface area contributed by atoms with Gasteiger partial charge in [-0.15, -0.1) is 11.3 Å². The van der Waals surface area contributed by atoms with Gasteiger partial charge in [-0.25, -0.2) is 4.98 Å². The van der Waals surface area contributed by atoms with Crippen LogP contribution in [-0.2, 0) is 20.7 Å². The van der Waals surface area contributed by atoms with Gasteiger partial charge in [0, 0.05) is 13.0 Å². The van der Waals surface area contributed by atoms with E-state index in [-0.39, 0.29) is 18.5 Å². The number of esters is 1. The molecule has 0 fully saturated rings. The summed E-state index contributed by atoms with van der Waals surface area (Å²) in [4.78, 5) is 29.0. The summed E-state index contributed by atoms with van der Waals surface area (Å²) in [5, 5.41) is 3.64. The van der Waals surface area contributed by atoms with Crippen molar-refractivity contribution in [3.05, 3.63) is 29.3 Å². The Balaban J connectivity index is 2.08. The quantitative estimate of drug-likeness (QED) is 0.691. The molecule has 5 nitrogen and oxygen atoms in total. The highest BCUT2D eigenvalue weighted by atomic mass is 32.1. The summed E-state index contributed by atoms with van der Waals surface area (Å²) in [6.45, 7) is 6.31. The second-order valence-electron chi connectivity index (χ2n) is 6.17. The summed E-state index contributed by atoms with van der Waals surface area (Å²) < 4.78 is 6.44. The van der Waals surface area contributed by atoms with Crippen LogP contribution in [0.3, 0.4) is 0 Å². The molecule has 1 N–H and O–H groups in total. The summed E-state index contributed by atoms with van der Waals surface area (Å²) in [6.07, 6.45) is 2.68. The maximum atomic E-state index is 12.7. The molecule has 0 aliphatic rings. The van der Waals surface area contributed by atoms with Crippen LogP contribution in [0.1, 0.15) is 45.0 Å². The van der Waals surface area contributed by atoms with E-state index >= 15 is 0 Å². The molecule has 0 radical (unpaired) electrons. The average Bonchev–Trinajstić information content (AvgIpc) is 3.04. The molecule has 0 saturated heterocycles.